The second-order valence-electron chi connectivity index (χ2n) is 6.50. The van der Waals surface area contributed by atoms with Crippen LogP contribution in [0.5, 0.6) is 5.75 Å². The van der Waals surface area contributed by atoms with Gasteiger partial charge >= 0.3 is 0 Å². The summed E-state index contributed by atoms with van der Waals surface area (Å²) in [6.07, 6.45) is 0.150. The highest BCUT2D eigenvalue weighted by atomic mass is 19.1. The summed E-state index contributed by atoms with van der Waals surface area (Å²) in [6, 6.07) is 7.90. The number of halogens is 1. The molecule has 2 heterocycles. The Morgan fingerprint density at radius 3 is 2.38 bits per heavy atom. The molecule has 1 aromatic rings. The third-order valence-corrected chi connectivity index (χ3v) is 5.06. The summed E-state index contributed by atoms with van der Waals surface area (Å²) in [5.74, 6) is 0.379. The van der Waals surface area contributed by atoms with Gasteiger partial charge in [-0.1, -0.05) is 0 Å². The molecule has 5 nitrogen and oxygen atoms in total. The van der Waals surface area contributed by atoms with E-state index in [4.69, 9.17) is 4.74 Å². The number of nitrogens with one attached hydrogen (secondary N) is 1. The summed E-state index contributed by atoms with van der Waals surface area (Å²) in [5, 5.41) is 3.21. The summed E-state index contributed by atoms with van der Waals surface area (Å²) >= 11 is 0. The zero-order valence-corrected chi connectivity index (χ0v) is 14.2. The van der Waals surface area contributed by atoms with Crippen molar-refractivity contribution < 1.29 is 13.9 Å². The number of ether oxygens (including phenoxy) is 1. The Kier molecular flexibility index (Phi) is 5.56. The first-order valence-electron chi connectivity index (χ1n) is 8.71. The number of piperidine rings is 1. The van der Waals surface area contributed by atoms with E-state index in [1.807, 2.05) is 24.3 Å². The molecule has 1 atom stereocenters. The Morgan fingerprint density at radius 1 is 1.17 bits per heavy atom. The average Bonchev–Trinajstić information content (AvgIpc) is 2.68. The smallest absolute Gasteiger partial charge is 0.257 e. The molecule has 0 aromatic heterocycles. The van der Waals surface area contributed by atoms with Crippen LogP contribution in [0.1, 0.15) is 12.8 Å². The molecule has 0 aliphatic carbocycles. The lowest BCUT2D eigenvalue weighted by molar-refractivity contribution is -0.139. The first kappa shape index (κ1) is 17.0. The molecule has 2 aliphatic rings. The van der Waals surface area contributed by atoms with Crippen LogP contribution in [0, 0.1) is 5.92 Å². The van der Waals surface area contributed by atoms with Crippen molar-refractivity contribution in [3.05, 3.63) is 24.3 Å². The number of hydrogen-bond acceptors (Lipinski definition) is 4. The van der Waals surface area contributed by atoms with Gasteiger partial charge in [-0.2, -0.15) is 0 Å². The summed E-state index contributed by atoms with van der Waals surface area (Å²) < 4.78 is 19.7. The minimum atomic E-state index is -1.35. The van der Waals surface area contributed by atoms with Crippen LogP contribution < -0.4 is 15.0 Å². The second kappa shape index (κ2) is 7.83. The zero-order chi connectivity index (χ0) is 16.9. The van der Waals surface area contributed by atoms with Crippen LogP contribution >= 0.6 is 0 Å². The van der Waals surface area contributed by atoms with Crippen molar-refractivity contribution in [1.82, 2.24) is 10.2 Å². The van der Waals surface area contributed by atoms with Crippen molar-refractivity contribution in [2.75, 3.05) is 51.3 Å². The van der Waals surface area contributed by atoms with Crippen LogP contribution in [-0.2, 0) is 4.79 Å². The van der Waals surface area contributed by atoms with Crippen molar-refractivity contribution in [2.45, 2.75) is 19.0 Å². The van der Waals surface area contributed by atoms with E-state index in [0.29, 0.717) is 13.1 Å². The predicted octanol–water partition coefficient (Wildman–Crippen LogP) is 1.68. The summed E-state index contributed by atoms with van der Waals surface area (Å²) in [4.78, 5) is 16.3. The van der Waals surface area contributed by atoms with Gasteiger partial charge in [-0.05, 0) is 50.2 Å². The topological polar surface area (TPSA) is 44.8 Å². The molecular weight excluding hydrogens is 309 g/mol. The number of rotatable bonds is 4. The number of hydrogen-bond donors (Lipinski definition) is 1. The first-order chi connectivity index (χ1) is 11.7. The standard InChI is InChI=1S/C18H26FN3O2/c1-24-16-4-2-15(3-5-16)21-10-12-22(13-11-21)18(23)17(19)14-6-8-20-9-7-14/h2-5,14,17,20H,6-13H2,1H3. The number of piperazine rings is 1. The molecule has 6 heteroatoms. The van der Waals surface area contributed by atoms with E-state index in [-0.39, 0.29) is 11.8 Å². The SMILES string of the molecule is COc1ccc(N2CCN(C(=O)C(F)C3CCNCC3)CC2)cc1. The minimum Gasteiger partial charge on any atom is -0.497 e. The highest BCUT2D eigenvalue weighted by Gasteiger charge is 2.33. The molecule has 2 aliphatic heterocycles. The van der Waals surface area contributed by atoms with Crippen LogP contribution in [0.2, 0.25) is 0 Å². The quantitative estimate of drug-likeness (QED) is 0.909. The second-order valence-corrected chi connectivity index (χ2v) is 6.50. The van der Waals surface area contributed by atoms with Crippen molar-refractivity contribution in [3.63, 3.8) is 0 Å². The molecule has 0 radical (unpaired) electrons. The monoisotopic (exact) mass is 335 g/mol. The molecular formula is C18H26FN3O2. The average molecular weight is 335 g/mol. The summed E-state index contributed by atoms with van der Waals surface area (Å²) in [6.45, 7) is 4.24. The molecule has 2 saturated heterocycles. The fraction of sp³-hybridized carbons (Fsp3) is 0.611. The molecule has 0 spiro atoms. The van der Waals surface area contributed by atoms with Gasteiger partial charge in [-0.15, -0.1) is 0 Å². The molecule has 1 amide bonds. The van der Waals surface area contributed by atoms with E-state index in [1.165, 1.54) is 0 Å². The highest BCUT2D eigenvalue weighted by molar-refractivity contribution is 5.81. The van der Waals surface area contributed by atoms with Crippen molar-refractivity contribution in [3.8, 4) is 5.75 Å². The van der Waals surface area contributed by atoms with Gasteiger partial charge < -0.3 is 19.9 Å². The maximum absolute atomic E-state index is 14.5. The molecule has 1 aromatic carbocycles. The number of alkyl halides is 1. The fourth-order valence-electron chi connectivity index (χ4n) is 3.49. The lowest BCUT2D eigenvalue weighted by Crippen LogP contribution is -2.52. The number of anilines is 1. The maximum Gasteiger partial charge on any atom is 0.257 e. The molecule has 132 valence electrons. The van der Waals surface area contributed by atoms with E-state index in [1.54, 1.807) is 12.0 Å². The first-order valence-corrected chi connectivity index (χ1v) is 8.71. The number of nitrogens with zero attached hydrogens (tertiary/aromatic N) is 2. The van der Waals surface area contributed by atoms with E-state index < -0.39 is 6.17 Å². The number of methoxy groups -OCH3 is 1. The van der Waals surface area contributed by atoms with E-state index >= 15 is 0 Å². The van der Waals surface area contributed by atoms with E-state index in [9.17, 15) is 9.18 Å². The van der Waals surface area contributed by atoms with Crippen LogP contribution in [0.15, 0.2) is 24.3 Å². The molecule has 0 saturated carbocycles. The third kappa shape index (κ3) is 3.80. The van der Waals surface area contributed by atoms with Crippen molar-refractivity contribution in [2.24, 2.45) is 5.92 Å². The molecule has 2 fully saturated rings. The Balaban J connectivity index is 1.52. The van der Waals surface area contributed by atoms with Crippen molar-refractivity contribution >= 4 is 11.6 Å². The van der Waals surface area contributed by atoms with Gasteiger partial charge in [0.1, 0.15) is 5.75 Å². The number of amides is 1. The molecule has 0 bridgehead atoms. The lowest BCUT2D eigenvalue weighted by Gasteiger charge is -2.37. The van der Waals surface area contributed by atoms with Crippen molar-refractivity contribution in [1.29, 1.82) is 0 Å². The Hall–Kier alpha value is -1.82. The highest BCUT2D eigenvalue weighted by Crippen LogP contribution is 2.23. The Bertz CT molecular complexity index is 538. The number of carbonyl (C=O) groups is 1. The summed E-state index contributed by atoms with van der Waals surface area (Å²) in [5.41, 5.74) is 1.11. The van der Waals surface area contributed by atoms with E-state index in [0.717, 1.165) is 50.5 Å². The maximum atomic E-state index is 14.5. The van der Waals surface area contributed by atoms with Gasteiger partial charge in [0.15, 0.2) is 6.17 Å². The Morgan fingerprint density at radius 2 is 1.79 bits per heavy atom. The van der Waals surface area contributed by atoms with Gasteiger partial charge in [0.05, 0.1) is 7.11 Å². The molecule has 1 unspecified atom stereocenters. The molecule has 24 heavy (non-hydrogen) atoms. The van der Waals surface area contributed by atoms with E-state index in [2.05, 4.69) is 10.2 Å². The largest absolute Gasteiger partial charge is 0.497 e. The Labute approximate surface area is 142 Å². The van der Waals surface area contributed by atoms with Gasteiger partial charge in [-0.25, -0.2) is 4.39 Å². The van der Waals surface area contributed by atoms with Gasteiger partial charge in [0.2, 0.25) is 0 Å². The molecule has 1 N–H and O–H groups in total. The van der Waals surface area contributed by atoms with Crippen LogP contribution in [0.25, 0.3) is 0 Å². The van der Waals surface area contributed by atoms with Crippen LogP contribution in [0.4, 0.5) is 10.1 Å². The van der Waals surface area contributed by atoms with Crippen LogP contribution in [-0.4, -0.2) is 63.4 Å². The predicted molar refractivity (Wildman–Crippen MR) is 92.3 cm³/mol. The number of benzene rings is 1. The van der Waals surface area contributed by atoms with Gasteiger partial charge in [0, 0.05) is 37.8 Å². The van der Waals surface area contributed by atoms with Gasteiger partial charge in [0.25, 0.3) is 5.91 Å². The third-order valence-electron chi connectivity index (χ3n) is 5.06. The molecule has 3 rings (SSSR count). The number of carbonyl (C=O) groups excluding carboxylic acids is 1. The summed E-state index contributed by atoms with van der Waals surface area (Å²) in [7, 11) is 1.65. The van der Waals surface area contributed by atoms with Crippen LogP contribution in [0.3, 0.4) is 0 Å². The normalized spacial score (nSPS) is 20.8. The minimum absolute atomic E-state index is 0.127. The fourth-order valence-corrected chi connectivity index (χ4v) is 3.49. The zero-order valence-electron chi connectivity index (χ0n) is 14.2. The van der Waals surface area contributed by atoms with Gasteiger partial charge in [-0.3, -0.25) is 4.79 Å². The lowest BCUT2D eigenvalue weighted by atomic mass is 9.92.